The lowest BCUT2D eigenvalue weighted by Crippen LogP contribution is -2.51. The fourth-order valence-corrected chi connectivity index (χ4v) is 2.85. The van der Waals surface area contributed by atoms with Crippen LogP contribution in [0.3, 0.4) is 0 Å². The maximum atomic E-state index is 12.2. The molecule has 1 aliphatic rings. The van der Waals surface area contributed by atoms with Crippen LogP contribution in [0, 0.1) is 17.0 Å². The quantitative estimate of drug-likeness (QED) is 0.656. The van der Waals surface area contributed by atoms with Gasteiger partial charge in [-0.25, -0.2) is 0 Å². The molecule has 0 saturated heterocycles. The lowest BCUT2D eigenvalue weighted by molar-refractivity contribution is -0.385. The van der Waals surface area contributed by atoms with Gasteiger partial charge in [-0.3, -0.25) is 14.9 Å². The fraction of sp³-hybridized carbons (Fsp3) is 0.533. The van der Waals surface area contributed by atoms with E-state index in [-0.39, 0.29) is 29.5 Å². The number of nitrogens with zero attached hydrogens (tertiary/aromatic N) is 1. The van der Waals surface area contributed by atoms with Gasteiger partial charge in [0.1, 0.15) is 0 Å². The van der Waals surface area contributed by atoms with Crippen molar-refractivity contribution in [2.45, 2.75) is 44.6 Å². The highest BCUT2D eigenvalue weighted by Gasteiger charge is 2.28. The average molecular weight is 328 g/mol. The van der Waals surface area contributed by atoms with Crippen molar-refractivity contribution in [1.29, 1.82) is 0 Å². The summed E-state index contributed by atoms with van der Waals surface area (Å²) in [5, 5.41) is 13.7. The van der Waals surface area contributed by atoms with E-state index in [4.69, 9.17) is 5.73 Å². The SMILES string of the molecule is Cc1c(C(=O)NCC2(N)CCCCC2)cccc1[N+](=O)[O-].Cl. The standard InChI is InChI=1S/C15H21N3O3.ClH/c1-11-12(6-5-7-13(11)18(20)21)14(19)17-10-15(16)8-3-2-4-9-15;/h5-7H,2-4,8-10,16H2,1H3,(H,17,19);1H. The number of carbonyl (C=O) groups excluding carboxylic acids is 1. The van der Waals surface area contributed by atoms with Gasteiger partial charge in [-0.15, -0.1) is 12.4 Å². The number of hydrogen-bond donors (Lipinski definition) is 2. The molecule has 1 aliphatic carbocycles. The van der Waals surface area contributed by atoms with Gasteiger partial charge in [0.05, 0.1) is 4.92 Å². The lowest BCUT2D eigenvalue weighted by Gasteiger charge is -2.33. The van der Waals surface area contributed by atoms with E-state index < -0.39 is 4.92 Å². The number of rotatable bonds is 4. The molecule has 1 fully saturated rings. The van der Waals surface area contributed by atoms with Gasteiger partial charge in [-0.2, -0.15) is 0 Å². The van der Waals surface area contributed by atoms with Crippen LogP contribution in [0.25, 0.3) is 0 Å². The third-order valence-electron chi connectivity index (χ3n) is 4.20. The maximum Gasteiger partial charge on any atom is 0.273 e. The molecule has 0 heterocycles. The van der Waals surface area contributed by atoms with Gasteiger partial charge in [0.25, 0.3) is 11.6 Å². The van der Waals surface area contributed by atoms with Crippen LogP contribution >= 0.6 is 12.4 Å². The first-order valence-corrected chi connectivity index (χ1v) is 7.24. The van der Waals surface area contributed by atoms with Gasteiger partial charge in [-0.05, 0) is 25.8 Å². The summed E-state index contributed by atoms with van der Waals surface area (Å²) < 4.78 is 0. The predicted molar refractivity (Wildman–Crippen MR) is 87.4 cm³/mol. The zero-order valence-electron chi connectivity index (χ0n) is 12.6. The number of carbonyl (C=O) groups is 1. The molecule has 6 nitrogen and oxygen atoms in total. The van der Waals surface area contributed by atoms with Gasteiger partial charge >= 0.3 is 0 Å². The molecule has 7 heteroatoms. The van der Waals surface area contributed by atoms with Crippen LogP contribution in [-0.4, -0.2) is 22.9 Å². The Morgan fingerprint density at radius 2 is 2.00 bits per heavy atom. The largest absolute Gasteiger partial charge is 0.350 e. The molecule has 3 N–H and O–H groups in total. The molecule has 0 unspecified atom stereocenters. The minimum absolute atomic E-state index is 0. The van der Waals surface area contributed by atoms with Crippen molar-refractivity contribution < 1.29 is 9.72 Å². The van der Waals surface area contributed by atoms with E-state index in [1.807, 2.05) is 0 Å². The smallest absolute Gasteiger partial charge is 0.273 e. The number of nitro benzene ring substituents is 1. The van der Waals surface area contributed by atoms with Crippen LogP contribution in [0.2, 0.25) is 0 Å². The lowest BCUT2D eigenvalue weighted by atomic mass is 9.82. The van der Waals surface area contributed by atoms with E-state index >= 15 is 0 Å². The summed E-state index contributed by atoms with van der Waals surface area (Å²) in [5.74, 6) is -0.299. The van der Waals surface area contributed by atoms with Gasteiger partial charge in [-0.1, -0.05) is 25.3 Å². The molecule has 22 heavy (non-hydrogen) atoms. The second-order valence-electron chi connectivity index (χ2n) is 5.81. The molecule has 1 saturated carbocycles. The van der Waals surface area contributed by atoms with Crippen molar-refractivity contribution in [2.75, 3.05) is 6.54 Å². The van der Waals surface area contributed by atoms with E-state index in [0.717, 1.165) is 25.7 Å². The van der Waals surface area contributed by atoms with Crippen molar-refractivity contribution in [3.63, 3.8) is 0 Å². The molecule has 0 atom stereocenters. The Morgan fingerprint density at radius 1 is 1.36 bits per heavy atom. The molecule has 0 aromatic heterocycles. The molecule has 2 rings (SSSR count). The molecule has 1 aromatic rings. The minimum Gasteiger partial charge on any atom is -0.350 e. The summed E-state index contributed by atoms with van der Waals surface area (Å²) in [6.45, 7) is 2.00. The van der Waals surface area contributed by atoms with Crippen LogP contribution < -0.4 is 11.1 Å². The Morgan fingerprint density at radius 3 is 2.59 bits per heavy atom. The van der Waals surface area contributed by atoms with E-state index in [9.17, 15) is 14.9 Å². The van der Waals surface area contributed by atoms with Gasteiger partial charge in [0.2, 0.25) is 0 Å². The number of nitrogens with one attached hydrogen (secondary N) is 1. The summed E-state index contributed by atoms with van der Waals surface area (Å²) in [6.07, 6.45) is 5.17. The number of halogens is 1. The molecular formula is C15H22ClN3O3. The zero-order valence-corrected chi connectivity index (χ0v) is 13.4. The van der Waals surface area contributed by atoms with E-state index in [0.29, 0.717) is 17.7 Å². The highest BCUT2D eigenvalue weighted by molar-refractivity contribution is 5.96. The van der Waals surface area contributed by atoms with Gasteiger partial charge < -0.3 is 11.1 Å². The number of benzene rings is 1. The number of nitrogens with two attached hydrogens (primary N) is 1. The first kappa shape index (κ1) is 18.4. The molecule has 0 bridgehead atoms. The van der Waals surface area contributed by atoms with Crippen LogP contribution in [0.1, 0.15) is 48.0 Å². The molecule has 0 aliphatic heterocycles. The molecule has 0 radical (unpaired) electrons. The van der Waals surface area contributed by atoms with Gasteiger partial charge in [0, 0.05) is 29.3 Å². The summed E-state index contributed by atoms with van der Waals surface area (Å²) in [4.78, 5) is 22.7. The topological polar surface area (TPSA) is 98.3 Å². The molecule has 1 aromatic carbocycles. The maximum absolute atomic E-state index is 12.2. The summed E-state index contributed by atoms with van der Waals surface area (Å²) in [5.41, 5.74) is 6.62. The Balaban J connectivity index is 0.00000242. The van der Waals surface area contributed by atoms with Crippen LogP contribution in [0.15, 0.2) is 18.2 Å². The van der Waals surface area contributed by atoms with Crippen molar-refractivity contribution in [3.8, 4) is 0 Å². The zero-order chi connectivity index (χ0) is 15.5. The number of hydrogen-bond acceptors (Lipinski definition) is 4. The Kier molecular flexibility index (Phi) is 6.32. The third kappa shape index (κ3) is 4.18. The van der Waals surface area contributed by atoms with Crippen molar-refractivity contribution in [3.05, 3.63) is 39.4 Å². The second kappa shape index (κ2) is 7.56. The fourth-order valence-electron chi connectivity index (χ4n) is 2.85. The number of nitro groups is 1. The predicted octanol–water partition coefficient (Wildman–Crippen LogP) is 2.72. The van der Waals surface area contributed by atoms with Crippen molar-refractivity contribution in [2.24, 2.45) is 5.73 Å². The highest BCUT2D eigenvalue weighted by Crippen LogP contribution is 2.25. The molecule has 0 spiro atoms. The van der Waals surface area contributed by atoms with Gasteiger partial charge in [0.15, 0.2) is 0 Å². The van der Waals surface area contributed by atoms with Crippen molar-refractivity contribution >= 4 is 24.0 Å². The highest BCUT2D eigenvalue weighted by atomic mass is 35.5. The Bertz CT molecular complexity index is 557. The monoisotopic (exact) mass is 327 g/mol. The Labute approximate surface area is 136 Å². The van der Waals surface area contributed by atoms with Crippen molar-refractivity contribution in [1.82, 2.24) is 5.32 Å². The normalized spacial score (nSPS) is 16.5. The first-order valence-electron chi connectivity index (χ1n) is 7.24. The summed E-state index contributed by atoms with van der Waals surface area (Å²) >= 11 is 0. The Hall–Kier alpha value is -1.66. The van der Waals surface area contributed by atoms with E-state index in [2.05, 4.69) is 5.32 Å². The third-order valence-corrected chi connectivity index (χ3v) is 4.20. The summed E-state index contributed by atoms with van der Waals surface area (Å²) in [7, 11) is 0. The number of amides is 1. The van der Waals surface area contributed by atoms with E-state index in [1.54, 1.807) is 13.0 Å². The second-order valence-corrected chi connectivity index (χ2v) is 5.81. The van der Waals surface area contributed by atoms with E-state index in [1.165, 1.54) is 18.6 Å². The first-order chi connectivity index (χ1) is 9.93. The summed E-state index contributed by atoms with van der Waals surface area (Å²) in [6, 6.07) is 4.53. The van der Waals surface area contributed by atoms with Crippen LogP contribution in [0.4, 0.5) is 5.69 Å². The van der Waals surface area contributed by atoms with Crippen LogP contribution in [-0.2, 0) is 0 Å². The molecular weight excluding hydrogens is 306 g/mol. The average Bonchev–Trinajstić information content (AvgIpc) is 2.45. The van der Waals surface area contributed by atoms with Crippen LogP contribution in [0.5, 0.6) is 0 Å². The molecule has 122 valence electrons. The molecule has 1 amide bonds. The minimum atomic E-state index is -0.475.